The van der Waals surface area contributed by atoms with Crippen LogP contribution in [0.2, 0.25) is 0 Å². The van der Waals surface area contributed by atoms with E-state index in [0.29, 0.717) is 13.1 Å². The Kier molecular flexibility index (Phi) is 4.30. The van der Waals surface area contributed by atoms with Crippen molar-refractivity contribution in [3.8, 4) is 17.0 Å². The summed E-state index contributed by atoms with van der Waals surface area (Å²) in [5.74, 6) is 1.56. The molecule has 0 saturated carbocycles. The maximum absolute atomic E-state index is 5.51. The quantitative estimate of drug-likeness (QED) is 0.856. The normalized spacial score (nSPS) is 10.3. The summed E-state index contributed by atoms with van der Waals surface area (Å²) in [5.41, 5.74) is 8.30. The van der Waals surface area contributed by atoms with Gasteiger partial charge in [0.25, 0.3) is 0 Å². The number of methoxy groups -OCH3 is 1. The predicted octanol–water partition coefficient (Wildman–Crippen LogP) is 1.83. The van der Waals surface area contributed by atoms with Crippen LogP contribution in [0.4, 0.5) is 5.69 Å². The SMILES string of the molecule is COc1ccc(-c2nc(C)ncc2NCCN)cc1. The summed E-state index contributed by atoms with van der Waals surface area (Å²) in [7, 11) is 1.65. The van der Waals surface area contributed by atoms with Gasteiger partial charge in [-0.2, -0.15) is 0 Å². The van der Waals surface area contributed by atoms with Crippen molar-refractivity contribution in [3.05, 3.63) is 36.3 Å². The maximum Gasteiger partial charge on any atom is 0.126 e. The van der Waals surface area contributed by atoms with Crippen LogP contribution in [0.3, 0.4) is 0 Å². The molecule has 3 N–H and O–H groups in total. The molecule has 1 heterocycles. The Morgan fingerprint density at radius 2 is 2.00 bits per heavy atom. The minimum atomic E-state index is 0.565. The van der Waals surface area contributed by atoms with Crippen LogP contribution in [-0.2, 0) is 0 Å². The average molecular weight is 258 g/mol. The van der Waals surface area contributed by atoms with E-state index in [2.05, 4.69) is 15.3 Å². The van der Waals surface area contributed by atoms with Crippen LogP contribution in [-0.4, -0.2) is 30.2 Å². The Labute approximate surface area is 112 Å². The summed E-state index contributed by atoms with van der Waals surface area (Å²) in [6.45, 7) is 3.13. The molecule has 0 aliphatic rings. The molecule has 0 saturated heterocycles. The van der Waals surface area contributed by atoms with E-state index < -0.39 is 0 Å². The van der Waals surface area contributed by atoms with Crippen LogP contribution in [0, 0.1) is 6.92 Å². The first-order chi connectivity index (χ1) is 9.24. The van der Waals surface area contributed by atoms with Gasteiger partial charge in [-0.05, 0) is 31.2 Å². The second-order valence-electron chi connectivity index (χ2n) is 4.12. The molecule has 0 unspecified atom stereocenters. The van der Waals surface area contributed by atoms with Gasteiger partial charge in [0, 0.05) is 18.7 Å². The molecule has 0 spiro atoms. The van der Waals surface area contributed by atoms with E-state index in [-0.39, 0.29) is 0 Å². The molecule has 0 amide bonds. The number of anilines is 1. The number of nitrogens with zero attached hydrogens (tertiary/aromatic N) is 2. The summed E-state index contributed by atoms with van der Waals surface area (Å²) in [6, 6.07) is 7.79. The van der Waals surface area contributed by atoms with Gasteiger partial charge in [0.1, 0.15) is 11.6 Å². The molecule has 0 aliphatic heterocycles. The monoisotopic (exact) mass is 258 g/mol. The van der Waals surface area contributed by atoms with Gasteiger partial charge in [0.05, 0.1) is 24.7 Å². The summed E-state index contributed by atoms with van der Waals surface area (Å²) < 4.78 is 5.16. The largest absolute Gasteiger partial charge is 0.497 e. The van der Waals surface area contributed by atoms with E-state index in [1.165, 1.54) is 0 Å². The lowest BCUT2D eigenvalue weighted by Gasteiger charge is -2.11. The Morgan fingerprint density at radius 1 is 1.26 bits per heavy atom. The topological polar surface area (TPSA) is 73.1 Å². The number of nitrogens with one attached hydrogen (secondary N) is 1. The summed E-state index contributed by atoms with van der Waals surface area (Å²) >= 11 is 0. The number of hydrogen-bond acceptors (Lipinski definition) is 5. The third-order valence-corrected chi connectivity index (χ3v) is 2.73. The van der Waals surface area contributed by atoms with Crippen LogP contribution in [0.1, 0.15) is 5.82 Å². The summed E-state index contributed by atoms with van der Waals surface area (Å²) in [6.07, 6.45) is 1.79. The van der Waals surface area contributed by atoms with Crippen LogP contribution in [0.5, 0.6) is 5.75 Å². The van der Waals surface area contributed by atoms with Gasteiger partial charge in [-0.25, -0.2) is 9.97 Å². The fourth-order valence-electron chi connectivity index (χ4n) is 1.78. The van der Waals surface area contributed by atoms with E-state index in [4.69, 9.17) is 10.5 Å². The standard InChI is InChI=1S/C14H18N4O/c1-10-17-9-13(16-8-7-15)14(18-10)11-3-5-12(19-2)6-4-11/h3-6,9,16H,7-8,15H2,1-2H3. The number of rotatable bonds is 5. The summed E-state index contributed by atoms with van der Waals surface area (Å²) in [4.78, 5) is 8.71. The second-order valence-corrected chi connectivity index (χ2v) is 4.12. The highest BCUT2D eigenvalue weighted by Crippen LogP contribution is 2.26. The Morgan fingerprint density at radius 3 is 2.63 bits per heavy atom. The van der Waals surface area contributed by atoms with E-state index in [9.17, 15) is 0 Å². The molecule has 1 aromatic heterocycles. The molecule has 0 aliphatic carbocycles. The van der Waals surface area contributed by atoms with E-state index >= 15 is 0 Å². The number of ether oxygens (including phenoxy) is 1. The van der Waals surface area contributed by atoms with Gasteiger partial charge in [-0.3, -0.25) is 0 Å². The molecule has 2 rings (SSSR count). The molecular formula is C14H18N4O. The molecule has 0 bridgehead atoms. The van der Waals surface area contributed by atoms with Crippen LogP contribution in [0.25, 0.3) is 11.3 Å². The molecule has 0 radical (unpaired) electrons. The lowest BCUT2D eigenvalue weighted by molar-refractivity contribution is 0.415. The molecule has 0 fully saturated rings. The van der Waals surface area contributed by atoms with Crippen molar-refractivity contribution in [1.29, 1.82) is 0 Å². The van der Waals surface area contributed by atoms with Crippen molar-refractivity contribution in [2.45, 2.75) is 6.92 Å². The molecule has 0 atom stereocenters. The zero-order valence-electron chi connectivity index (χ0n) is 11.2. The minimum absolute atomic E-state index is 0.565. The van der Waals surface area contributed by atoms with Crippen molar-refractivity contribution in [3.63, 3.8) is 0 Å². The Balaban J connectivity index is 2.37. The predicted molar refractivity (Wildman–Crippen MR) is 76.3 cm³/mol. The highest BCUT2D eigenvalue weighted by Gasteiger charge is 2.08. The summed E-state index contributed by atoms with van der Waals surface area (Å²) in [5, 5.41) is 3.24. The van der Waals surface area contributed by atoms with E-state index in [1.54, 1.807) is 13.3 Å². The molecule has 5 nitrogen and oxygen atoms in total. The fraction of sp³-hybridized carbons (Fsp3) is 0.286. The highest BCUT2D eigenvalue weighted by atomic mass is 16.5. The van der Waals surface area contributed by atoms with Gasteiger partial charge in [0.2, 0.25) is 0 Å². The van der Waals surface area contributed by atoms with Crippen LogP contribution in [0.15, 0.2) is 30.5 Å². The third kappa shape index (κ3) is 3.20. The van der Waals surface area contributed by atoms with Crippen molar-refractivity contribution in [2.75, 3.05) is 25.5 Å². The smallest absolute Gasteiger partial charge is 0.126 e. The number of benzene rings is 1. The molecule has 100 valence electrons. The van der Waals surface area contributed by atoms with E-state index in [1.807, 2.05) is 31.2 Å². The van der Waals surface area contributed by atoms with Crippen LogP contribution < -0.4 is 15.8 Å². The van der Waals surface area contributed by atoms with Gasteiger partial charge in [0.15, 0.2) is 0 Å². The Hall–Kier alpha value is -2.14. The maximum atomic E-state index is 5.51. The fourth-order valence-corrected chi connectivity index (χ4v) is 1.78. The zero-order chi connectivity index (χ0) is 13.7. The minimum Gasteiger partial charge on any atom is -0.497 e. The van der Waals surface area contributed by atoms with Gasteiger partial charge in [-0.1, -0.05) is 0 Å². The second kappa shape index (κ2) is 6.15. The first-order valence-electron chi connectivity index (χ1n) is 6.16. The molecular weight excluding hydrogens is 240 g/mol. The lowest BCUT2D eigenvalue weighted by Crippen LogP contribution is -2.14. The zero-order valence-corrected chi connectivity index (χ0v) is 11.2. The number of aryl methyl sites for hydroxylation is 1. The number of hydrogen-bond donors (Lipinski definition) is 2. The number of nitrogens with two attached hydrogens (primary N) is 1. The first kappa shape index (κ1) is 13.3. The van der Waals surface area contributed by atoms with Crippen molar-refractivity contribution >= 4 is 5.69 Å². The van der Waals surface area contributed by atoms with E-state index in [0.717, 1.165) is 28.5 Å². The van der Waals surface area contributed by atoms with Gasteiger partial charge >= 0.3 is 0 Å². The van der Waals surface area contributed by atoms with Gasteiger partial charge < -0.3 is 15.8 Å². The lowest BCUT2D eigenvalue weighted by atomic mass is 10.1. The van der Waals surface area contributed by atoms with Crippen molar-refractivity contribution in [1.82, 2.24) is 9.97 Å². The van der Waals surface area contributed by atoms with Crippen molar-refractivity contribution < 1.29 is 4.74 Å². The number of aromatic nitrogens is 2. The van der Waals surface area contributed by atoms with Gasteiger partial charge in [-0.15, -0.1) is 0 Å². The molecule has 5 heteroatoms. The average Bonchev–Trinajstić information content (AvgIpc) is 2.46. The first-order valence-corrected chi connectivity index (χ1v) is 6.16. The molecule has 1 aromatic carbocycles. The van der Waals surface area contributed by atoms with Crippen molar-refractivity contribution in [2.24, 2.45) is 5.73 Å². The van der Waals surface area contributed by atoms with Crippen LogP contribution >= 0.6 is 0 Å². The molecule has 19 heavy (non-hydrogen) atoms. The third-order valence-electron chi connectivity index (χ3n) is 2.73. The molecule has 2 aromatic rings. The Bertz CT molecular complexity index is 540. The highest BCUT2D eigenvalue weighted by molar-refractivity contribution is 5.73.